The van der Waals surface area contributed by atoms with E-state index in [0.717, 1.165) is 36.7 Å². The molecule has 0 heterocycles. The van der Waals surface area contributed by atoms with Crippen LogP contribution in [0.5, 0.6) is 0 Å². The summed E-state index contributed by atoms with van der Waals surface area (Å²) < 4.78 is 0. The van der Waals surface area contributed by atoms with Gasteiger partial charge in [0.05, 0.1) is 0 Å². The Morgan fingerprint density at radius 2 is 2.20 bits per heavy atom. The van der Waals surface area contributed by atoms with Crippen molar-refractivity contribution in [2.24, 2.45) is 17.8 Å². The molecule has 0 saturated carbocycles. The normalized spacial score (nSPS) is 24.8. The lowest BCUT2D eigenvalue weighted by atomic mass is 9.74. The second kappa shape index (κ2) is 7.78. The van der Waals surface area contributed by atoms with E-state index in [1.165, 1.54) is 0 Å². The van der Waals surface area contributed by atoms with Gasteiger partial charge < -0.3 is 0 Å². The molecule has 2 heteroatoms. The Kier molecular flexibility index (Phi) is 6.37. The minimum atomic E-state index is -0.00885. The maximum Gasteiger partial charge on any atom is 0.161 e. The summed E-state index contributed by atoms with van der Waals surface area (Å²) in [5, 5.41) is 0. The number of carbonyl (C=O) groups excluding carboxylic acids is 2. The van der Waals surface area contributed by atoms with E-state index < -0.39 is 0 Å². The molecule has 0 fully saturated rings. The molecule has 0 amide bonds. The number of carbonyl (C=O) groups is 2. The number of Topliss-reactive ketones (excluding diaryl/α,β-unsaturated/α-hetero) is 1. The van der Waals surface area contributed by atoms with Crippen molar-refractivity contribution in [1.29, 1.82) is 0 Å². The fourth-order valence-electron chi connectivity index (χ4n) is 2.61. The van der Waals surface area contributed by atoms with Gasteiger partial charge in [-0.05, 0) is 56.1 Å². The molecule has 0 aromatic rings. The van der Waals surface area contributed by atoms with Crippen LogP contribution in [0.3, 0.4) is 0 Å². The van der Waals surface area contributed by atoms with Crippen molar-refractivity contribution in [3.8, 4) is 0 Å². The topological polar surface area (TPSA) is 34.1 Å². The minimum absolute atomic E-state index is 0.00885. The molecule has 0 bridgehead atoms. The zero-order valence-corrected chi connectivity index (χ0v) is 12.5. The second-order valence-electron chi connectivity index (χ2n) is 5.53. The Labute approximate surface area is 122 Å². The first-order valence-corrected chi connectivity index (χ1v) is 7.11. The van der Waals surface area contributed by atoms with Gasteiger partial charge in [0.25, 0.3) is 0 Å². The van der Waals surface area contributed by atoms with Crippen LogP contribution in [-0.2, 0) is 9.59 Å². The third-order valence-corrected chi connectivity index (χ3v) is 4.06. The molecule has 20 heavy (non-hydrogen) atoms. The van der Waals surface area contributed by atoms with Gasteiger partial charge >= 0.3 is 0 Å². The van der Waals surface area contributed by atoms with Gasteiger partial charge in [0.1, 0.15) is 6.29 Å². The van der Waals surface area contributed by atoms with Crippen LogP contribution in [-0.4, -0.2) is 12.1 Å². The first kappa shape index (κ1) is 16.4. The van der Waals surface area contributed by atoms with Gasteiger partial charge in [-0.15, -0.1) is 13.2 Å². The van der Waals surface area contributed by atoms with Crippen LogP contribution in [0.25, 0.3) is 0 Å². The van der Waals surface area contributed by atoms with Crippen molar-refractivity contribution in [3.05, 3.63) is 48.6 Å². The van der Waals surface area contributed by atoms with E-state index in [-0.39, 0.29) is 23.5 Å². The lowest BCUT2D eigenvalue weighted by molar-refractivity contribution is -0.121. The molecule has 3 atom stereocenters. The van der Waals surface area contributed by atoms with E-state index in [0.29, 0.717) is 0 Å². The molecule has 0 radical (unpaired) electrons. The van der Waals surface area contributed by atoms with Crippen LogP contribution < -0.4 is 0 Å². The molecule has 1 aliphatic carbocycles. The molecule has 2 nitrogen and oxygen atoms in total. The third-order valence-electron chi connectivity index (χ3n) is 4.06. The molecule has 0 aliphatic heterocycles. The lowest BCUT2D eigenvalue weighted by Gasteiger charge is -2.29. The molecule has 1 unspecified atom stereocenters. The van der Waals surface area contributed by atoms with Crippen LogP contribution in [0.2, 0.25) is 0 Å². The number of hydrogen-bond donors (Lipinski definition) is 0. The van der Waals surface area contributed by atoms with E-state index in [9.17, 15) is 9.59 Å². The Morgan fingerprint density at radius 3 is 2.75 bits per heavy atom. The monoisotopic (exact) mass is 272 g/mol. The second-order valence-corrected chi connectivity index (χ2v) is 5.53. The molecule has 0 saturated heterocycles. The standard InChI is InChI=1S/C18H24O2/c1-5-15(9-7-13(3)12-19)11-17-16(6-2)10-8-14(4)18(17)20/h5-8,12,15-17H,1-2,9-11H2,3-4H3/b13-7-/t15-,16?,17+/m1/s1. The van der Waals surface area contributed by atoms with E-state index in [2.05, 4.69) is 13.2 Å². The summed E-state index contributed by atoms with van der Waals surface area (Å²) in [5.41, 5.74) is 1.58. The molecule has 1 rings (SSSR count). The average Bonchev–Trinajstić information content (AvgIpc) is 2.47. The molecule has 108 valence electrons. The highest BCUT2D eigenvalue weighted by Gasteiger charge is 2.31. The zero-order valence-electron chi connectivity index (χ0n) is 12.5. The van der Waals surface area contributed by atoms with Gasteiger partial charge in [0.2, 0.25) is 0 Å². The summed E-state index contributed by atoms with van der Waals surface area (Å²) in [6, 6.07) is 0. The van der Waals surface area contributed by atoms with Gasteiger partial charge in [0, 0.05) is 5.92 Å². The number of hydrogen-bond acceptors (Lipinski definition) is 2. The van der Waals surface area contributed by atoms with Gasteiger partial charge in [-0.3, -0.25) is 9.59 Å². The number of aldehydes is 1. The molecule has 0 aromatic heterocycles. The Morgan fingerprint density at radius 1 is 1.50 bits per heavy atom. The summed E-state index contributed by atoms with van der Waals surface area (Å²) in [7, 11) is 0. The molecular weight excluding hydrogens is 248 g/mol. The van der Waals surface area contributed by atoms with E-state index in [1.54, 1.807) is 6.92 Å². The van der Waals surface area contributed by atoms with Crippen LogP contribution in [0.15, 0.2) is 48.6 Å². The van der Waals surface area contributed by atoms with Crippen LogP contribution in [0.1, 0.15) is 33.1 Å². The van der Waals surface area contributed by atoms with Crippen molar-refractivity contribution >= 4 is 12.1 Å². The first-order valence-electron chi connectivity index (χ1n) is 7.11. The van der Waals surface area contributed by atoms with Gasteiger partial charge in [-0.1, -0.05) is 24.3 Å². The smallest absolute Gasteiger partial charge is 0.161 e. The van der Waals surface area contributed by atoms with Crippen LogP contribution in [0, 0.1) is 17.8 Å². The highest BCUT2D eigenvalue weighted by atomic mass is 16.1. The highest BCUT2D eigenvalue weighted by molar-refractivity contribution is 5.97. The van der Waals surface area contributed by atoms with Gasteiger partial charge in [-0.2, -0.15) is 0 Å². The lowest BCUT2D eigenvalue weighted by Crippen LogP contribution is -2.28. The average molecular weight is 272 g/mol. The molecule has 0 N–H and O–H groups in total. The Balaban J connectivity index is 2.79. The summed E-state index contributed by atoms with van der Waals surface area (Å²) in [6.07, 6.45) is 11.0. The van der Waals surface area contributed by atoms with Crippen molar-refractivity contribution in [3.63, 3.8) is 0 Å². The maximum absolute atomic E-state index is 12.3. The molecule has 0 aromatic carbocycles. The zero-order chi connectivity index (χ0) is 15.1. The predicted octanol–water partition coefficient (Wildman–Crippen LogP) is 4.05. The summed E-state index contributed by atoms with van der Waals surface area (Å²) in [4.78, 5) is 22.9. The molecule has 1 aliphatic rings. The minimum Gasteiger partial charge on any atom is -0.298 e. The first-order chi connectivity index (χ1) is 9.53. The summed E-state index contributed by atoms with van der Waals surface area (Å²) in [5.74, 6) is 0.645. The quantitative estimate of drug-likeness (QED) is 0.398. The fraction of sp³-hybridized carbons (Fsp3) is 0.444. The Bertz CT molecular complexity index is 454. The van der Waals surface area contributed by atoms with Crippen molar-refractivity contribution < 1.29 is 9.59 Å². The Hall–Kier alpha value is -1.70. The third kappa shape index (κ3) is 4.16. The number of rotatable bonds is 7. The van der Waals surface area contributed by atoms with Crippen molar-refractivity contribution in [2.75, 3.05) is 0 Å². The van der Waals surface area contributed by atoms with Crippen LogP contribution in [0.4, 0.5) is 0 Å². The predicted molar refractivity (Wildman–Crippen MR) is 83.3 cm³/mol. The molecular formula is C18H24O2. The fourth-order valence-corrected chi connectivity index (χ4v) is 2.61. The van der Waals surface area contributed by atoms with E-state index in [1.807, 2.05) is 31.2 Å². The van der Waals surface area contributed by atoms with Gasteiger partial charge in [0.15, 0.2) is 5.78 Å². The largest absolute Gasteiger partial charge is 0.298 e. The number of allylic oxidation sites excluding steroid dienone is 6. The molecule has 0 spiro atoms. The van der Waals surface area contributed by atoms with Crippen molar-refractivity contribution in [1.82, 2.24) is 0 Å². The summed E-state index contributed by atoms with van der Waals surface area (Å²) in [6.45, 7) is 11.4. The maximum atomic E-state index is 12.3. The SMILES string of the molecule is C=CC1CC=C(C)C(=O)[C@H]1C[C@H](C=C)C/C=C(/C)C=O. The number of ketones is 1. The van der Waals surface area contributed by atoms with E-state index in [4.69, 9.17) is 0 Å². The summed E-state index contributed by atoms with van der Waals surface area (Å²) >= 11 is 0. The van der Waals surface area contributed by atoms with Crippen molar-refractivity contribution in [2.45, 2.75) is 33.1 Å². The van der Waals surface area contributed by atoms with Crippen LogP contribution >= 0.6 is 0 Å². The van der Waals surface area contributed by atoms with Gasteiger partial charge in [-0.25, -0.2) is 0 Å². The van der Waals surface area contributed by atoms with E-state index >= 15 is 0 Å². The highest BCUT2D eigenvalue weighted by Crippen LogP contribution is 2.33.